The molecule has 180 valence electrons. The van der Waals surface area contributed by atoms with Crippen LogP contribution < -0.4 is 0 Å². The second-order valence-electron chi connectivity index (χ2n) is 7.27. The maximum Gasteiger partial charge on any atom is 0.315 e. The van der Waals surface area contributed by atoms with E-state index >= 15 is 0 Å². The maximum absolute atomic E-state index is 11.4. The molecule has 31 heavy (non-hydrogen) atoms. The van der Waals surface area contributed by atoms with E-state index in [1.165, 1.54) is 14.2 Å². The average molecular weight is 529 g/mol. The molecule has 0 aliphatic carbocycles. The minimum absolute atomic E-state index is 0.191. The van der Waals surface area contributed by atoms with Crippen LogP contribution in [-0.4, -0.2) is 91.8 Å². The summed E-state index contributed by atoms with van der Waals surface area (Å²) in [5, 5.41) is 0. The highest BCUT2D eigenvalue weighted by atomic mass is 32.2. The first-order chi connectivity index (χ1) is 14.7. The summed E-state index contributed by atoms with van der Waals surface area (Å²) >= 11 is 6.59. The van der Waals surface area contributed by atoms with Crippen molar-refractivity contribution < 1.29 is 28.7 Å². The molecule has 0 fully saturated rings. The smallest absolute Gasteiger partial charge is 0.315 e. The van der Waals surface area contributed by atoms with Gasteiger partial charge in [-0.1, -0.05) is 0 Å². The summed E-state index contributed by atoms with van der Waals surface area (Å²) in [7, 11) is 1.09. The predicted molar refractivity (Wildman–Crippen MR) is 140 cm³/mol. The third-order valence-electron chi connectivity index (χ3n) is 4.61. The topological polar surface area (TPSA) is 86.7 Å². The number of thioether (sulfide) groups is 4. The summed E-state index contributed by atoms with van der Waals surface area (Å²) in [6, 6.07) is 4.36. The Kier molecular flexibility index (Phi) is 19.3. The summed E-state index contributed by atoms with van der Waals surface area (Å²) < 4.78 is 9.47. The van der Waals surface area contributed by atoms with Crippen molar-refractivity contribution in [1.29, 1.82) is 0 Å². The number of methoxy groups -OCH3 is 2. The number of rotatable bonds is 20. The molecule has 0 spiro atoms. The highest BCUT2D eigenvalue weighted by Crippen LogP contribution is 2.32. The van der Waals surface area contributed by atoms with E-state index in [9.17, 15) is 19.2 Å². The molecule has 0 aliphatic rings. The average Bonchev–Trinajstić information content (AvgIpc) is 2.73. The van der Waals surface area contributed by atoms with Gasteiger partial charge < -0.3 is 9.47 Å². The van der Waals surface area contributed by atoms with E-state index in [2.05, 4.69) is 0 Å². The van der Waals surface area contributed by atoms with Crippen LogP contribution in [0.3, 0.4) is 0 Å². The van der Waals surface area contributed by atoms with E-state index in [0.717, 1.165) is 47.2 Å². The Labute approximate surface area is 204 Å². The third-order valence-corrected chi connectivity index (χ3v) is 15.4. The SMILES string of the molecule is COC(=O)CSCC[Si](CCSCC(C)=O)(CCSCC(C)=O)CCSCC(=O)OC. The molecule has 6 nitrogen and oxygen atoms in total. The molecule has 0 N–H and O–H groups in total. The highest BCUT2D eigenvalue weighted by molar-refractivity contribution is 8.00. The van der Waals surface area contributed by atoms with E-state index in [1.807, 2.05) is 0 Å². The number of esters is 2. The second-order valence-corrected chi connectivity index (χ2v) is 16.7. The van der Waals surface area contributed by atoms with E-state index in [4.69, 9.17) is 9.47 Å². The van der Waals surface area contributed by atoms with E-state index < -0.39 is 8.07 Å². The zero-order valence-corrected chi connectivity index (χ0v) is 23.3. The maximum atomic E-state index is 11.4. The number of hydrogen-bond acceptors (Lipinski definition) is 10. The van der Waals surface area contributed by atoms with Crippen LogP contribution in [0, 0.1) is 0 Å². The molecule has 0 rings (SSSR count). The molecule has 0 saturated carbocycles. The van der Waals surface area contributed by atoms with Crippen LogP contribution in [-0.2, 0) is 28.7 Å². The standard InChI is InChI=1S/C20H36O6S4Si/c1-17(21)13-27-5-9-31(10-6-28-14-18(2)22,11-7-29-15-19(23)25-3)12-8-30-16-20(24)26-4/h5-16H2,1-4H3. The monoisotopic (exact) mass is 528 g/mol. The lowest BCUT2D eigenvalue weighted by Gasteiger charge is -2.32. The minimum Gasteiger partial charge on any atom is -0.468 e. The number of carbonyl (C=O) groups excluding carboxylic acids is 4. The summed E-state index contributed by atoms with van der Waals surface area (Å²) in [6.45, 7) is 3.23. The van der Waals surface area contributed by atoms with Crippen molar-refractivity contribution in [1.82, 2.24) is 0 Å². The fourth-order valence-corrected chi connectivity index (χ4v) is 15.2. The lowest BCUT2D eigenvalue weighted by molar-refractivity contribution is -0.138. The third kappa shape index (κ3) is 18.1. The zero-order valence-electron chi connectivity index (χ0n) is 19.1. The molecule has 0 heterocycles. The fraction of sp³-hybridized carbons (Fsp3) is 0.800. The molecule has 0 aromatic rings. The summed E-state index contributed by atoms with van der Waals surface area (Å²) in [5.74, 6) is 5.46. The molecule has 11 heteroatoms. The molecule has 0 amide bonds. The van der Waals surface area contributed by atoms with Crippen LogP contribution in [0.4, 0.5) is 0 Å². The van der Waals surface area contributed by atoms with Crippen LogP contribution in [0.1, 0.15) is 13.8 Å². The van der Waals surface area contributed by atoms with Crippen molar-refractivity contribution in [3.05, 3.63) is 0 Å². The number of ketones is 2. The first-order valence-corrected chi connectivity index (χ1v) is 17.6. The lowest BCUT2D eigenvalue weighted by Crippen LogP contribution is -2.37. The van der Waals surface area contributed by atoms with Gasteiger partial charge in [-0.15, -0.1) is 0 Å². The van der Waals surface area contributed by atoms with Gasteiger partial charge in [0.2, 0.25) is 0 Å². The van der Waals surface area contributed by atoms with Crippen LogP contribution in [0.25, 0.3) is 0 Å². The Hall–Kier alpha value is -0.103. The second kappa shape index (κ2) is 19.4. The Morgan fingerprint density at radius 2 is 0.871 bits per heavy atom. The predicted octanol–water partition coefficient (Wildman–Crippen LogP) is 3.89. The van der Waals surface area contributed by atoms with Crippen LogP contribution >= 0.6 is 47.0 Å². The van der Waals surface area contributed by atoms with Gasteiger partial charge in [-0.2, -0.15) is 47.0 Å². The van der Waals surface area contributed by atoms with E-state index in [-0.39, 0.29) is 23.5 Å². The number of carbonyl (C=O) groups is 4. The van der Waals surface area contributed by atoms with Gasteiger partial charge in [0.15, 0.2) is 0 Å². The summed E-state index contributed by atoms with van der Waals surface area (Å²) in [4.78, 5) is 45.5. The Morgan fingerprint density at radius 3 is 1.13 bits per heavy atom. The van der Waals surface area contributed by atoms with Gasteiger partial charge in [-0.25, -0.2) is 0 Å². The molecule has 0 bridgehead atoms. The van der Waals surface area contributed by atoms with Crippen molar-refractivity contribution in [3.8, 4) is 0 Å². The molecule has 0 atom stereocenters. The van der Waals surface area contributed by atoms with Gasteiger partial charge in [0.05, 0.1) is 45.3 Å². The van der Waals surface area contributed by atoms with Crippen molar-refractivity contribution >= 4 is 78.6 Å². The van der Waals surface area contributed by atoms with Gasteiger partial charge in [0.25, 0.3) is 0 Å². The Bertz CT molecular complexity index is 514. The lowest BCUT2D eigenvalue weighted by atomic mass is 10.5. The molecule has 0 aromatic heterocycles. The van der Waals surface area contributed by atoms with Crippen LogP contribution in [0.2, 0.25) is 24.2 Å². The molecule has 0 aliphatic heterocycles. The zero-order chi connectivity index (χ0) is 23.5. The quantitative estimate of drug-likeness (QED) is 0.132. The largest absolute Gasteiger partial charge is 0.468 e. The first-order valence-electron chi connectivity index (χ1n) is 10.2. The van der Waals surface area contributed by atoms with Crippen molar-refractivity contribution in [2.24, 2.45) is 0 Å². The minimum atomic E-state index is -1.71. The van der Waals surface area contributed by atoms with Gasteiger partial charge in [-0.05, 0) is 61.0 Å². The van der Waals surface area contributed by atoms with E-state index in [1.54, 1.807) is 60.9 Å². The van der Waals surface area contributed by atoms with Gasteiger partial charge in [0, 0.05) is 0 Å². The van der Waals surface area contributed by atoms with Gasteiger partial charge in [-0.3, -0.25) is 19.2 Å². The highest BCUT2D eigenvalue weighted by Gasteiger charge is 2.31. The van der Waals surface area contributed by atoms with Crippen LogP contribution in [0.15, 0.2) is 0 Å². The Balaban J connectivity index is 5.01. The molecule has 0 saturated heterocycles. The number of ether oxygens (including phenoxy) is 2. The van der Waals surface area contributed by atoms with Crippen molar-refractivity contribution in [3.63, 3.8) is 0 Å². The molecule has 0 aromatic carbocycles. The van der Waals surface area contributed by atoms with Gasteiger partial charge >= 0.3 is 11.9 Å². The normalized spacial score (nSPS) is 11.2. The van der Waals surface area contributed by atoms with Crippen LogP contribution in [0.5, 0.6) is 0 Å². The fourth-order valence-electron chi connectivity index (χ4n) is 2.77. The number of hydrogen-bond donors (Lipinski definition) is 0. The first kappa shape index (κ1) is 30.9. The molecule has 0 radical (unpaired) electrons. The summed E-state index contributed by atoms with van der Waals surface area (Å²) in [5.41, 5.74) is 0. The Morgan fingerprint density at radius 1 is 0.581 bits per heavy atom. The van der Waals surface area contributed by atoms with Crippen molar-refractivity contribution in [2.45, 2.75) is 38.0 Å². The summed E-state index contributed by atoms with van der Waals surface area (Å²) in [6.07, 6.45) is 0. The van der Waals surface area contributed by atoms with Gasteiger partial charge in [0.1, 0.15) is 11.6 Å². The number of Topliss-reactive ketones (excluding diaryl/α,β-unsaturated/α-hetero) is 2. The molecular weight excluding hydrogens is 493 g/mol. The molecule has 0 unspecified atom stereocenters. The van der Waals surface area contributed by atoms with E-state index in [0.29, 0.717) is 23.0 Å². The molecular formula is C20H36O6S4Si. The van der Waals surface area contributed by atoms with Crippen molar-refractivity contribution in [2.75, 3.05) is 60.2 Å².